The van der Waals surface area contributed by atoms with Gasteiger partial charge in [-0.1, -0.05) is 13.8 Å². The predicted octanol–water partition coefficient (Wildman–Crippen LogP) is 2.62. The monoisotopic (exact) mass is 237 g/mol. The molecular weight excluding hydrogens is 214 g/mol. The van der Waals surface area contributed by atoms with Crippen LogP contribution in [0.2, 0.25) is 0 Å². The molecule has 0 amide bonds. The van der Waals surface area contributed by atoms with Crippen molar-refractivity contribution in [2.45, 2.75) is 45.3 Å². The van der Waals surface area contributed by atoms with Crippen molar-refractivity contribution in [1.82, 2.24) is 5.32 Å². The van der Waals surface area contributed by atoms with Gasteiger partial charge in [-0.15, -0.1) is 0 Å². The molecular formula is C14H23NO2. The highest BCUT2D eigenvalue weighted by molar-refractivity contribution is 5.08. The average molecular weight is 237 g/mol. The predicted molar refractivity (Wildman–Crippen MR) is 68.0 cm³/mol. The summed E-state index contributed by atoms with van der Waals surface area (Å²) in [4.78, 5) is 0. The molecule has 1 aromatic rings. The molecule has 0 aliphatic carbocycles. The van der Waals surface area contributed by atoms with E-state index in [0.717, 1.165) is 26.0 Å². The van der Waals surface area contributed by atoms with E-state index in [1.165, 1.54) is 12.0 Å². The molecule has 1 N–H and O–H groups in total. The van der Waals surface area contributed by atoms with E-state index in [-0.39, 0.29) is 0 Å². The highest BCUT2D eigenvalue weighted by Gasteiger charge is 2.31. The number of rotatable bonds is 6. The summed E-state index contributed by atoms with van der Waals surface area (Å²) in [6, 6.07) is 2.45. The van der Waals surface area contributed by atoms with Crippen LogP contribution in [0, 0.1) is 5.92 Å². The molecule has 3 atom stereocenters. The van der Waals surface area contributed by atoms with E-state index in [4.69, 9.17) is 9.15 Å². The first-order valence-corrected chi connectivity index (χ1v) is 6.67. The van der Waals surface area contributed by atoms with E-state index in [9.17, 15) is 0 Å². The van der Waals surface area contributed by atoms with Gasteiger partial charge in [-0.3, -0.25) is 0 Å². The summed E-state index contributed by atoms with van der Waals surface area (Å²) in [5.74, 6) is 0.649. The fourth-order valence-electron chi connectivity index (χ4n) is 2.53. The minimum Gasteiger partial charge on any atom is -0.472 e. The van der Waals surface area contributed by atoms with Gasteiger partial charge >= 0.3 is 0 Å². The van der Waals surface area contributed by atoms with Gasteiger partial charge in [0.15, 0.2) is 0 Å². The molecule has 1 aliphatic heterocycles. The highest BCUT2D eigenvalue weighted by Crippen LogP contribution is 2.24. The second kappa shape index (κ2) is 6.22. The summed E-state index contributed by atoms with van der Waals surface area (Å²) in [5.41, 5.74) is 1.25. The van der Waals surface area contributed by atoms with Crippen molar-refractivity contribution >= 4 is 0 Å². The Labute approximate surface area is 104 Å². The van der Waals surface area contributed by atoms with Crippen molar-refractivity contribution in [3.8, 4) is 0 Å². The Kier molecular flexibility index (Phi) is 4.63. The molecule has 17 heavy (non-hydrogen) atoms. The lowest BCUT2D eigenvalue weighted by molar-refractivity contribution is 0.0610. The minimum atomic E-state index is 0.344. The summed E-state index contributed by atoms with van der Waals surface area (Å²) in [7, 11) is 0. The van der Waals surface area contributed by atoms with Gasteiger partial charge in [0.05, 0.1) is 18.6 Å². The molecule has 0 aromatic carbocycles. The van der Waals surface area contributed by atoms with Crippen LogP contribution < -0.4 is 5.32 Å². The van der Waals surface area contributed by atoms with Crippen LogP contribution in [0.15, 0.2) is 23.0 Å². The van der Waals surface area contributed by atoms with Crippen molar-refractivity contribution in [3.63, 3.8) is 0 Å². The molecule has 0 spiro atoms. The molecule has 1 aromatic heterocycles. The molecule has 0 radical (unpaired) electrons. The number of nitrogens with one attached hydrogen (secondary N) is 1. The van der Waals surface area contributed by atoms with Gasteiger partial charge in [-0.05, 0) is 43.4 Å². The number of hydrogen-bond donors (Lipinski definition) is 1. The molecule has 3 unspecified atom stereocenters. The molecule has 3 nitrogen and oxygen atoms in total. The SMILES string of the molecule is CCCNC(Cc1ccoc1)C1OCCC1C. The van der Waals surface area contributed by atoms with Gasteiger partial charge in [0, 0.05) is 12.6 Å². The summed E-state index contributed by atoms with van der Waals surface area (Å²) in [6.45, 7) is 6.44. The van der Waals surface area contributed by atoms with Crippen LogP contribution >= 0.6 is 0 Å². The van der Waals surface area contributed by atoms with E-state index in [2.05, 4.69) is 19.2 Å². The average Bonchev–Trinajstić information content (AvgIpc) is 2.95. The normalized spacial score (nSPS) is 26.2. The number of hydrogen-bond acceptors (Lipinski definition) is 3. The maximum absolute atomic E-state index is 5.88. The number of ether oxygens (including phenoxy) is 1. The third kappa shape index (κ3) is 3.33. The third-order valence-corrected chi connectivity index (χ3v) is 3.53. The zero-order valence-electron chi connectivity index (χ0n) is 10.8. The summed E-state index contributed by atoms with van der Waals surface area (Å²) >= 11 is 0. The van der Waals surface area contributed by atoms with Gasteiger partial charge in [-0.2, -0.15) is 0 Å². The van der Waals surface area contributed by atoms with Crippen LogP contribution in [0.3, 0.4) is 0 Å². The lowest BCUT2D eigenvalue weighted by Crippen LogP contribution is -2.44. The van der Waals surface area contributed by atoms with Gasteiger partial charge in [0.2, 0.25) is 0 Å². The largest absolute Gasteiger partial charge is 0.472 e. The fraction of sp³-hybridized carbons (Fsp3) is 0.714. The smallest absolute Gasteiger partial charge is 0.0935 e. The molecule has 1 aliphatic rings. The molecule has 1 fully saturated rings. The van der Waals surface area contributed by atoms with Gasteiger partial charge < -0.3 is 14.5 Å². The molecule has 96 valence electrons. The van der Waals surface area contributed by atoms with E-state index in [1.54, 1.807) is 6.26 Å². The maximum Gasteiger partial charge on any atom is 0.0935 e. The molecule has 1 saturated heterocycles. The topological polar surface area (TPSA) is 34.4 Å². The maximum atomic E-state index is 5.88. The summed E-state index contributed by atoms with van der Waals surface area (Å²) in [5, 5.41) is 3.61. The Morgan fingerprint density at radius 3 is 3.00 bits per heavy atom. The van der Waals surface area contributed by atoms with Gasteiger partial charge in [0.1, 0.15) is 0 Å². The van der Waals surface area contributed by atoms with Crippen LogP contribution in [0.1, 0.15) is 32.3 Å². The van der Waals surface area contributed by atoms with Crippen molar-refractivity contribution in [3.05, 3.63) is 24.2 Å². The Hall–Kier alpha value is -0.800. The van der Waals surface area contributed by atoms with Gasteiger partial charge in [0.25, 0.3) is 0 Å². The number of furan rings is 1. The Morgan fingerprint density at radius 2 is 2.41 bits per heavy atom. The molecule has 3 heteroatoms. The first kappa shape index (κ1) is 12.7. The quantitative estimate of drug-likeness (QED) is 0.826. The molecule has 0 saturated carbocycles. The van der Waals surface area contributed by atoms with Crippen molar-refractivity contribution in [1.29, 1.82) is 0 Å². The zero-order valence-corrected chi connectivity index (χ0v) is 10.8. The van der Waals surface area contributed by atoms with E-state index in [0.29, 0.717) is 18.1 Å². The van der Waals surface area contributed by atoms with Crippen LogP contribution in [0.4, 0.5) is 0 Å². The Morgan fingerprint density at radius 1 is 1.53 bits per heavy atom. The van der Waals surface area contributed by atoms with E-state index < -0.39 is 0 Å². The third-order valence-electron chi connectivity index (χ3n) is 3.53. The zero-order chi connectivity index (χ0) is 12.1. The van der Waals surface area contributed by atoms with E-state index >= 15 is 0 Å². The Balaban J connectivity index is 1.97. The first-order chi connectivity index (χ1) is 8.31. The molecule has 2 heterocycles. The van der Waals surface area contributed by atoms with Crippen LogP contribution in [-0.2, 0) is 11.2 Å². The highest BCUT2D eigenvalue weighted by atomic mass is 16.5. The Bertz CT molecular complexity index is 310. The molecule has 2 rings (SSSR count). The fourth-order valence-corrected chi connectivity index (χ4v) is 2.53. The minimum absolute atomic E-state index is 0.344. The van der Waals surface area contributed by atoms with Crippen LogP contribution in [-0.4, -0.2) is 25.3 Å². The second-order valence-electron chi connectivity index (χ2n) is 5.00. The summed E-state index contributed by atoms with van der Waals surface area (Å²) in [6.07, 6.45) is 7.25. The van der Waals surface area contributed by atoms with E-state index in [1.807, 2.05) is 12.3 Å². The second-order valence-corrected chi connectivity index (χ2v) is 5.00. The van der Waals surface area contributed by atoms with Gasteiger partial charge in [-0.25, -0.2) is 0 Å². The lowest BCUT2D eigenvalue weighted by Gasteiger charge is -2.26. The van der Waals surface area contributed by atoms with Crippen LogP contribution in [0.5, 0.6) is 0 Å². The van der Waals surface area contributed by atoms with Crippen molar-refractivity contribution in [2.24, 2.45) is 5.92 Å². The van der Waals surface area contributed by atoms with Crippen LogP contribution in [0.25, 0.3) is 0 Å². The first-order valence-electron chi connectivity index (χ1n) is 6.67. The lowest BCUT2D eigenvalue weighted by atomic mass is 9.93. The summed E-state index contributed by atoms with van der Waals surface area (Å²) < 4.78 is 11.0. The standard InChI is InChI=1S/C14H23NO2/c1-3-6-15-13(9-12-5-7-16-10-12)14-11(2)4-8-17-14/h5,7,10-11,13-15H,3-4,6,8-9H2,1-2H3. The van der Waals surface area contributed by atoms with Crippen molar-refractivity contribution in [2.75, 3.05) is 13.2 Å². The molecule has 0 bridgehead atoms. The van der Waals surface area contributed by atoms with Crippen molar-refractivity contribution < 1.29 is 9.15 Å².